The van der Waals surface area contributed by atoms with Gasteiger partial charge >= 0.3 is 0 Å². The van der Waals surface area contributed by atoms with Crippen LogP contribution in [0.5, 0.6) is 11.5 Å². The number of allylic oxidation sites excluding steroid dienone is 1. The molecule has 0 spiro atoms. The van der Waals surface area contributed by atoms with Crippen molar-refractivity contribution in [1.29, 1.82) is 5.26 Å². The Kier molecular flexibility index (Phi) is 7.99. The molecule has 4 rings (SSSR count). The highest BCUT2D eigenvalue weighted by Crippen LogP contribution is 2.38. The minimum absolute atomic E-state index is 0.00621. The molecule has 8 nitrogen and oxygen atoms in total. The average Bonchev–Trinajstić information content (AvgIpc) is 2.85. The molecule has 0 saturated carbocycles. The van der Waals surface area contributed by atoms with Crippen molar-refractivity contribution in [3.63, 3.8) is 0 Å². The third-order valence-electron chi connectivity index (χ3n) is 5.30. The van der Waals surface area contributed by atoms with Gasteiger partial charge in [-0.05, 0) is 65.4 Å². The van der Waals surface area contributed by atoms with Crippen LogP contribution in [0.25, 0.3) is 5.57 Å². The van der Waals surface area contributed by atoms with Crippen LogP contribution in [0, 0.1) is 11.3 Å². The van der Waals surface area contributed by atoms with E-state index in [1.54, 1.807) is 18.2 Å². The van der Waals surface area contributed by atoms with Gasteiger partial charge in [0.05, 0.1) is 28.4 Å². The number of aromatic nitrogens is 2. The number of anilines is 1. The fourth-order valence-corrected chi connectivity index (χ4v) is 4.63. The summed E-state index contributed by atoms with van der Waals surface area (Å²) in [6.07, 6.45) is 6.29. The first-order valence-electron chi connectivity index (χ1n) is 11.0. The molecule has 3 aromatic rings. The van der Waals surface area contributed by atoms with Crippen molar-refractivity contribution in [2.75, 3.05) is 23.5 Å². The Bertz CT molecular complexity index is 1470. The van der Waals surface area contributed by atoms with E-state index in [4.69, 9.17) is 32.7 Å². The van der Waals surface area contributed by atoms with Gasteiger partial charge in [0.2, 0.25) is 16.0 Å². The Balaban J connectivity index is 1.54. The first-order valence-corrected chi connectivity index (χ1v) is 13.8. The Hall–Kier alpha value is -3.32. The van der Waals surface area contributed by atoms with E-state index < -0.39 is 10.0 Å². The molecule has 36 heavy (non-hydrogen) atoms. The van der Waals surface area contributed by atoms with Gasteiger partial charge < -0.3 is 9.47 Å². The minimum Gasteiger partial charge on any atom is -0.489 e. The quantitative estimate of drug-likeness (QED) is 0.379. The molecule has 0 unspecified atom stereocenters. The first kappa shape index (κ1) is 25.8. The van der Waals surface area contributed by atoms with Gasteiger partial charge in [0, 0.05) is 6.20 Å². The highest BCUT2D eigenvalue weighted by atomic mass is 35.5. The number of alkyl halides is 1. The fraction of sp³-hybridized carbons (Fsp3) is 0.240. The van der Waals surface area contributed by atoms with Gasteiger partial charge in [0.15, 0.2) is 5.75 Å². The van der Waals surface area contributed by atoms with E-state index in [9.17, 15) is 13.7 Å². The summed E-state index contributed by atoms with van der Waals surface area (Å²) in [5, 5.41) is 9.98. The van der Waals surface area contributed by atoms with Crippen LogP contribution < -0.4 is 14.2 Å². The summed E-state index contributed by atoms with van der Waals surface area (Å²) in [4.78, 5) is 8.08. The van der Waals surface area contributed by atoms with E-state index in [1.165, 1.54) is 6.20 Å². The number of rotatable bonds is 9. The van der Waals surface area contributed by atoms with Crippen molar-refractivity contribution in [2.45, 2.75) is 19.4 Å². The monoisotopic (exact) mass is 544 g/mol. The zero-order valence-corrected chi connectivity index (χ0v) is 21.6. The van der Waals surface area contributed by atoms with Crippen molar-refractivity contribution in [1.82, 2.24) is 9.97 Å². The minimum atomic E-state index is -3.47. The largest absolute Gasteiger partial charge is 0.489 e. The van der Waals surface area contributed by atoms with Crippen LogP contribution in [0.4, 0.5) is 5.95 Å². The van der Waals surface area contributed by atoms with E-state index >= 15 is 0 Å². The van der Waals surface area contributed by atoms with Gasteiger partial charge in [0.1, 0.15) is 25.0 Å². The molecular weight excluding hydrogens is 523 g/mol. The molecule has 1 aliphatic rings. The van der Waals surface area contributed by atoms with Gasteiger partial charge in [-0.15, -0.1) is 11.6 Å². The number of aryl methyl sites for hydroxylation is 1. The maximum Gasteiger partial charge on any atom is 0.236 e. The summed E-state index contributed by atoms with van der Waals surface area (Å²) in [7, 11) is -3.47. The van der Waals surface area contributed by atoms with Gasteiger partial charge in [-0.2, -0.15) is 5.26 Å². The second-order valence-corrected chi connectivity index (χ2v) is 10.5. The summed E-state index contributed by atoms with van der Waals surface area (Å²) in [5.41, 5.74) is 4.83. The van der Waals surface area contributed by atoms with Crippen LogP contribution in [0.2, 0.25) is 5.02 Å². The molecule has 1 aromatic heterocycles. The molecule has 0 aliphatic heterocycles. The lowest BCUT2D eigenvalue weighted by Crippen LogP contribution is -2.13. The van der Waals surface area contributed by atoms with Gasteiger partial charge in [-0.1, -0.05) is 23.7 Å². The lowest BCUT2D eigenvalue weighted by Gasteiger charge is -2.20. The number of fused-ring (bicyclic) bond motifs is 1. The van der Waals surface area contributed by atoms with E-state index in [0.717, 1.165) is 41.4 Å². The Morgan fingerprint density at radius 3 is 2.78 bits per heavy atom. The van der Waals surface area contributed by atoms with Crippen molar-refractivity contribution < 1.29 is 17.9 Å². The molecule has 2 aromatic carbocycles. The molecule has 1 aliphatic carbocycles. The summed E-state index contributed by atoms with van der Waals surface area (Å²) in [6, 6.07) is 13.2. The Morgan fingerprint density at radius 1 is 1.19 bits per heavy atom. The molecular formula is C25H22Cl2N4O4S. The topological polar surface area (TPSA) is 114 Å². The maximum absolute atomic E-state index is 11.4. The summed E-state index contributed by atoms with van der Waals surface area (Å²) < 4.78 is 36.5. The number of nitrogens with one attached hydrogen (secondary N) is 1. The SMILES string of the molecule is CS(=O)(=O)Nc1nccc(COc2ccc3c(c2)CCC=C3c2cc(Cl)c(OCCCl)c(C#N)c2)n1. The smallest absolute Gasteiger partial charge is 0.236 e. The second-order valence-electron chi connectivity index (χ2n) is 7.99. The molecule has 0 saturated heterocycles. The molecule has 11 heteroatoms. The Labute approximate surface area is 219 Å². The van der Waals surface area contributed by atoms with Crippen LogP contribution in [0.15, 0.2) is 48.7 Å². The van der Waals surface area contributed by atoms with Crippen molar-refractivity contribution >= 4 is 44.7 Å². The standard InChI is InChI=1S/C25H22Cl2N4O4S/c1-36(32,33)31-25-29-9-7-19(30-25)15-35-20-5-6-22-16(12-20)3-2-4-21(22)17-11-18(14-28)24(23(27)13-17)34-10-8-26/h4-7,9,11-13H,2-3,8,10,15H2,1H3,(H,29,30,31). The number of sulfonamides is 1. The Morgan fingerprint density at radius 2 is 2.03 bits per heavy atom. The predicted octanol–water partition coefficient (Wildman–Crippen LogP) is 4.95. The molecule has 0 atom stereocenters. The number of ether oxygens (including phenoxy) is 2. The van der Waals surface area contributed by atoms with Crippen LogP contribution in [-0.2, 0) is 23.1 Å². The molecule has 0 radical (unpaired) electrons. The number of hydrogen-bond acceptors (Lipinski definition) is 7. The van der Waals surface area contributed by atoms with Crippen LogP contribution >= 0.6 is 23.2 Å². The third kappa shape index (κ3) is 6.26. The third-order valence-corrected chi connectivity index (χ3v) is 6.29. The van der Waals surface area contributed by atoms with Crippen molar-refractivity contribution in [3.05, 3.63) is 81.6 Å². The van der Waals surface area contributed by atoms with Gasteiger partial charge in [-0.3, -0.25) is 4.72 Å². The average molecular weight is 545 g/mol. The number of hydrogen-bond donors (Lipinski definition) is 1. The number of nitriles is 1. The van der Waals surface area contributed by atoms with Crippen LogP contribution in [-0.4, -0.2) is 37.1 Å². The normalized spacial score (nSPS) is 12.8. The van der Waals surface area contributed by atoms with Crippen molar-refractivity contribution in [2.24, 2.45) is 0 Å². The lowest BCUT2D eigenvalue weighted by molar-refractivity contribution is 0.301. The first-order chi connectivity index (χ1) is 17.3. The zero-order valence-electron chi connectivity index (χ0n) is 19.3. The molecule has 1 N–H and O–H groups in total. The van der Waals surface area contributed by atoms with E-state index in [0.29, 0.717) is 33.7 Å². The van der Waals surface area contributed by atoms with Gasteiger partial charge in [0.25, 0.3) is 0 Å². The molecule has 0 amide bonds. The van der Waals surface area contributed by atoms with Crippen molar-refractivity contribution in [3.8, 4) is 17.6 Å². The summed E-state index contributed by atoms with van der Waals surface area (Å²) >= 11 is 12.2. The van der Waals surface area contributed by atoms with E-state index in [2.05, 4.69) is 26.8 Å². The van der Waals surface area contributed by atoms with Crippen LogP contribution in [0.1, 0.15) is 34.4 Å². The zero-order chi connectivity index (χ0) is 25.7. The number of benzene rings is 2. The maximum atomic E-state index is 11.4. The number of halogens is 2. The van der Waals surface area contributed by atoms with Gasteiger partial charge in [-0.25, -0.2) is 18.4 Å². The van der Waals surface area contributed by atoms with E-state index in [1.807, 2.05) is 18.2 Å². The second kappa shape index (κ2) is 11.2. The summed E-state index contributed by atoms with van der Waals surface area (Å²) in [5.74, 6) is 1.28. The molecule has 0 bridgehead atoms. The highest BCUT2D eigenvalue weighted by Gasteiger charge is 2.19. The highest BCUT2D eigenvalue weighted by molar-refractivity contribution is 7.91. The number of nitrogens with zero attached hydrogens (tertiary/aromatic N) is 3. The predicted molar refractivity (Wildman–Crippen MR) is 139 cm³/mol. The molecule has 186 valence electrons. The lowest BCUT2D eigenvalue weighted by atomic mass is 9.86. The fourth-order valence-electron chi connectivity index (χ4n) is 3.85. The van der Waals surface area contributed by atoms with E-state index in [-0.39, 0.29) is 19.2 Å². The molecule has 0 fully saturated rings. The molecule has 1 heterocycles. The van der Waals surface area contributed by atoms with Crippen LogP contribution in [0.3, 0.4) is 0 Å². The summed E-state index contributed by atoms with van der Waals surface area (Å²) in [6.45, 7) is 0.404.